The van der Waals surface area contributed by atoms with Gasteiger partial charge in [0.25, 0.3) is 0 Å². The Kier molecular flexibility index (Phi) is 3.70. The minimum Gasteiger partial charge on any atom is -0.494 e. The maximum absolute atomic E-state index is 14.1. The number of benzene rings is 2. The average molecular weight is 271 g/mol. The summed E-state index contributed by atoms with van der Waals surface area (Å²) >= 11 is 0. The molecule has 1 N–H and O–H groups in total. The zero-order chi connectivity index (χ0) is 13.9. The van der Waals surface area contributed by atoms with Gasteiger partial charge in [-0.15, -0.1) is 0 Å². The van der Waals surface area contributed by atoms with Crippen molar-refractivity contribution >= 4 is 0 Å². The Morgan fingerprint density at radius 2 is 2.05 bits per heavy atom. The van der Waals surface area contributed by atoms with Crippen molar-refractivity contribution in [3.05, 3.63) is 65.0 Å². The summed E-state index contributed by atoms with van der Waals surface area (Å²) in [6, 6.07) is 14.0. The Hall–Kier alpha value is -1.87. The Balaban J connectivity index is 1.72. The van der Waals surface area contributed by atoms with E-state index in [-0.39, 0.29) is 5.82 Å². The summed E-state index contributed by atoms with van der Waals surface area (Å²) < 4.78 is 19.1. The summed E-state index contributed by atoms with van der Waals surface area (Å²) in [6.45, 7) is 0.516. The number of hydrogen-bond acceptors (Lipinski definition) is 2. The summed E-state index contributed by atoms with van der Waals surface area (Å²) in [6.07, 6.45) is 2.17. The molecular formula is C17H18FNO. The van der Waals surface area contributed by atoms with Crippen LogP contribution in [0.2, 0.25) is 0 Å². The van der Waals surface area contributed by atoms with Gasteiger partial charge in [-0.05, 0) is 30.0 Å². The van der Waals surface area contributed by atoms with Crippen molar-refractivity contribution in [2.45, 2.75) is 25.4 Å². The fourth-order valence-corrected chi connectivity index (χ4v) is 2.85. The number of hydrogen-bond donors (Lipinski definition) is 1. The Bertz CT molecular complexity index is 612. The topological polar surface area (TPSA) is 21.3 Å². The minimum atomic E-state index is -0.270. The van der Waals surface area contributed by atoms with Gasteiger partial charge in [0, 0.05) is 18.2 Å². The van der Waals surface area contributed by atoms with E-state index in [2.05, 4.69) is 29.6 Å². The predicted octanol–water partition coefficient (Wildman–Crippen LogP) is 3.61. The molecule has 2 aromatic carbocycles. The highest BCUT2D eigenvalue weighted by molar-refractivity contribution is 5.35. The van der Waals surface area contributed by atoms with Crippen LogP contribution in [0.4, 0.5) is 4.39 Å². The molecule has 0 saturated carbocycles. The van der Waals surface area contributed by atoms with Gasteiger partial charge in [-0.3, -0.25) is 0 Å². The smallest absolute Gasteiger partial charge is 0.169 e. The lowest BCUT2D eigenvalue weighted by Crippen LogP contribution is -2.19. The number of halogens is 1. The third kappa shape index (κ3) is 2.41. The fourth-order valence-electron chi connectivity index (χ4n) is 2.85. The molecule has 0 spiro atoms. The Morgan fingerprint density at radius 3 is 2.90 bits per heavy atom. The van der Waals surface area contributed by atoms with Gasteiger partial charge in [0.2, 0.25) is 0 Å². The van der Waals surface area contributed by atoms with E-state index in [9.17, 15) is 4.39 Å². The normalized spacial score (nSPS) is 17.0. The van der Waals surface area contributed by atoms with Crippen LogP contribution in [-0.2, 0) is 13.0 Å². The number of methoxy groups -OCH3 is 1. The minimum absolute atomic E-state index is 0.270. The quantitative estimate of drug-likeness (QED) is 0.917. The third-order valence-corrected chi connectivity index (χ3v) is 3.93. The molecule has 3 heteroatoms. The van der Waals surface area contributed by atoms with Crippen LogP contribution in [0.3, 0.4) is 0 Å². The molecular weight excluding hydrogens is 253 g/mol. The van der Waals surface area contributed by atoms with Crippen molar-refractivity contribution < 1.29 is 9.13 Å². The number of aryl methyl sites for hydroxylation is 1. The van der Waals surface area contributed by atoms with Crippen LogP contribution >= 0.6 is 0 Å². The van der Waals surface area contributed by atoms with Crippen LogP contribution in [0.1, 0.15) is 29.2 Å². The van der Waals surface area contributed by atoms with Crippen LogP contribution in [0.25, 0.3) is 0 Å². The molecule has 20 heavy (non-hydrogen) atoms. The van der Waals surface area contributed by atoms with Crippen molar-refractivity contribution in [2.75, 3.05) is 7.11 Å². The molecule has 0 fully saturated rings. The van der Waals surface area contributed by atoms with Crippen molar-refractivity contribution in [2.24, 2.45) is 0 Å². The molecule has 0 aromatic heterocycles. The van der Waals surface area contributed by atoms with Crippen molar-refractivity contribution in [3.8, 4) is 5.75 Å². The largest absolute Gasteiger partial charge is 0.494 e. The summed E-state index contributed by atoms with van der Waals surface area (Å²) in [4.78, 5) is 0. The van der Waals surface area contributed by atoms with Gasteiger partial charge in [0.1, 0.15) is 0 Å². The van der Waals surface area contributed by atoms with Gasteiger partial charge in [-0.1, -0.05) is 36.4 Å². The second kappa shape index (κ2) is 5.63. The van der Waals surface area contributed by atoms with Crippen LogP contribution in [0.5, 0.6) is 5.75 Å². The van der Waals surface area contributed by atoms with E-state index in [0.29, 0.717) is 23.9 Å². The molecule has 0 heterocycles. The van der Waals surface area contributed by atoms with Gasteiger partial charge in [0.05, 0.1) is 7.11 Å². The average Bonchev–Trinajstić information content (AvgIpc) is 2.89. The summed E-state index contributed by atoms with van der Waals surface area (Å²) in [7, 11) is 1.49. The molecule has 0 saturated heterocycles. The van der Waals surface area contributed by atoms with Crippen molar-refractivity contribution in [3.63, 3.8) is 0 Å². The molecule has 1 atom stereocenters. The van der Waals surface area contributed by atoms with E-state index >= 15 is 0 Å². The maximum atomic E-state index is 14.1. The van der Waals surface area contributed by atoms with E-state index in [1.165, 1.54) is 18.2 Å². The Morgan fingerprint density at radius 1 is 1.20 bits per heavy atom. The van der Waals surface area contributed by atoms with Crippen LogP contribution in [0, 0.1) is 5.82 Å². The fraction of sp³-hybridized carbons (Fsp3) is 0.294. The van der Waals surface area contributed by atoms with E-state index in [1.807, 2.05) is 6.07 Å². The van der Waals surface area contributed by atoms with Gasteiger partial charge in [0.15, 0.2) is 11.6 Å². The highest BCUT2D eigenvalue weighted by atomic mass is 19.1. The standard InChI is InChI=1S/C17H18FNO/c1-20-16-8-4-6-13(17(16)18)11-19-15-10-9-12-5-2-3-7-14(12)15/h2-8,15,19H,9-11H2,1H3. The zero-order valence-electron chi connectivity index (χ0n) is 11.5. The number of rotatable bonds is 4. The molecule has 1 aliphatic rings. The first-order valence-electron chi connectivity index (χ1n) is 6.92. The molecule has 0 aliphatic heterocycles. The molecule has 1 aliphatic carbocycles. The lowest BCUT2D eigenvalue weighted by molar-refractivity contribution is 0.382. The first kappa shape index (κ1) is 13.1. The van der Waals surface area contributed by atoms with Gasteiger partial charge < -0.3 is 10.1 Å². The van der Waals surface area contributed by atoms with Crippen LogP contribution in [-0.4, -0.2) is 7.11 Å². The van der Waals surface area contributed by atoms with Crippen molar-refractivity contribution in [1.82, 2.24) is 5.32 Å². The molecule has 2 nitrogen and oxygen atoms in total. The van der Waals surface area contributed by atoms with Gasteiger partial charge in [-0.25, -0.2) is 4.39 Å². The summed E-state index contributed by atoms with van der Waals surface area (Å²) in [5.41, 5.74) is 3.39. The van der Waals surface area contributed by atoms with Gasteiger partial charge in [-0.2, -0.15) is 0 Å². The van der Waals surface area contributed by atoms with Gasteiger partial charge >= 0.3 is 0 Å². The molecule has 0 amide bonds. The monoisotopic (exact) mass is 271 g/mol. The first-order valence-corrected chi connectivity index (χ1v) is 6.92. The lowest BCUT2D eigenvalue weighted by atomic mass is 10.1. The predicted molar refractivity (Wildman–Crippen MR) is 77.3 cm³/mol. The third-order valence-electron chi connectivity index (χ3n) is 3.93. The maximum Gasteiger partial charge on any atom is 0.169 e. The number of nitrogens with one attached hydrogen (secondary N) is 1. The number of ether oxygens (including phenoxy) is 1. The second-order valence-corrected chi connectivity index (χ2v) is 5.10. The molecule has 2 aromatic rings. The van der Waals surface area contributed by atoms with E-state index in [1.54, 1.807) is 12.1 Å². The highest BCUT2D eigenvalue weighted by Gasteiger charge is 2.21. The van der Waals surface area contributed by atoms with E-state index in [0.717, 1.165) is 12.8 Å². The highest BCUT2D eigenvalue weighted by Crippen LogP contribution is 2.31. The number of fused-ring (bicyclic) bond motifs is 1. The molecule has 0 radical (unpaired) electrons. The van der Waals surface area contributed by atoms with Crippen molar-refractivity contribution in [1.29, 1.82) is 0 Å². The molecule has 3 rings (SSSR count). The summed E-state index contributed by atoms with van der Waals surface area (Å²) in [5, 5.41) is 3.45. The van der Waals surface area contributed by atoms with E-state index < -0.39 is 0 Å². The van der Waals surface area contributed by atoms with E-state index in [4.69, 9.17) is 4.74 Å². The van der Waals surface area contributed by atoms with Crippen LogP contribution < -0.4 is 10.1 Å². The molecule has 0 bridgehead atoms. The lowest BCUT2D eigenvalue weighted by Gasteiger charge is -2.15. The SMILES string of the molecule is COc1cccc(CNC2CCc3ccccc32)c1F. The second-order valence-electron chi connectivity index (χ2n) is 5.10. The zero-order valence-corrected chi connectivity index (χ0v) is 11.5. The first-order chi connectivity index (χ1) is 9.79. The Labute approximate surface area is 118 Å². The molecule has 1 unspecified atom stereocenters. The molecule has 104 valence electrons. The summed E-state index contributed by atoms with van der Waals surface area (Å²) in [5.74, 6) is 0.0323. The van der Waals surface area contributed by atoms with Crippen LogP contribution in [0.15, 0.2) is 42.5 Å².